The van der Waals surface area contributed by atoms with Crippen LogP contribution in [0, 0.1) is 23.7 Å². The lowest BCUT2D eigenvalue weighted by molar-refractivity contribution is 0.199. The van der Waals surface area contributed by atoms with Gasteiger partial charge in [0, 0.05) is 0 Å². The van der Waals surface area contributed by atoms with Gasteiger partial charge >= 0.3 is 0 Å². The maximum absolute atomic E-state index is 2.50. The standard InChI is InChI=1S/C12H22/c1-9-4-3-5-12(8-9)10(2)11-6-7-11/h9-12H,3-8H2,1-2H3. The first-order chi connectivity index (χ1) is 5.77. The fourth-order valence-electron chi connectivity index (χ4n) is 2.97. The molecule has 0 aliphatic heterocycles. The molecule has 0 saturated heterocycles. The van der Waals surface area contributed by atoms with E-state index in [-0.39, 0.29) is 0 Å². The average Bonchev–Trinajstić information content (AvgIpc) is 2.85. The molecular weight excluding hydrogens is 144 g/mol. The number of hydrogen-bond donors (Lipinski definition) is 0. The van der Waals surface area contributed by atoms with E-state index in [9.17, 15) is 0 Å². The van der Waals surface area contributed by atoms with Gasteiger partial charge in [-0.2, -0.15) is 0 Å². The Bertz CT molecular complexity index is 146. The van der Waals surface area contributed by atoms with E-state index in [1.165, 1.54) is 38.5 Å². The van der Waals surface area contributed by atoms with Crippen molar-refractivity contribution in [2.75, 3.05) is 0 Å². The molecule has 2 aliphatic rings. The average molecular weight is 166 g/mol. The Balaban J connectivity index is 1.84. The van der Waals surface area contributed by atoms with Crippen molar-refractivity contribution in [3.63, 3.8) is 0 Å². The molecule has 2 aliphatic carbocycles. The van der Waals surface area contributed by atoms with E-state index in [1.54, 1.807) is 0 Å². The zero-order chi connectivity index (χ0) is 8.55. The van der Waals surface area contributed by atoms with Crippen molar-refractivity contribution in [1.82, 2.24) is 0 Å². The topological polar surface area (TPSA) is 0 Å². The van der Waals surface area contributed by atoms with Crippen molar-refractivity contribution in [3.05, 3.63) is 0 Å². The zero-order valence-electron chi connectivity index (χ0n) is 8.55. The molecule has 0 heteroatoms. The predicted octanol–water partition coefficient (Wildman–Crippen LogP) is 3.86. The van der Waals surface area contributed by atoms with Crippen LogP contribution < -0.4 is 0 Å². The van der Waals surface area contributed by atoms with Crippen molar-refractivity contribution in [2.45, 2.75) is 52.4 Å². The number of rotatable bonds is 2. The minimum atomic E-state index is 1.02. The summed E-state index contributed by atoms with van der Waals surface area (Å²) in [5.74, 6) is 4.28. The Morgan fingerprint density at radius 1 is 1.00 bits per heavy atom. The third kappa shape index (κ3) is 1.84. The van der Waals surface area contributed by atoms with Crippen LogP contribution >= 0.6 is 0 Å². The summed E-state index contributed by atoms with van der Waals surface area (Å²) >= 11 is 0. The molecule has 0 nitrogen and oxygen atoms in total. The first-order valence-electron chi connectivity index (χ1n) is 5.77. The van der Waals surface area contributed by atoms with Gasteiger partial charge in [0.1, 0.15) is 0 Å². The highest BCUT2D eigenvalue weighted by molar-refractivity contribution is 4.85. The molecule has 2 saturated carbocycles. The van der Waals surface area contributed by atoms with Crippen LogP contribution in [0.5, 0.6) is 0 Å². The van der Waals surface area contributed by atoms with Gasteiger partial charge in [-0.25, -0.2) is 0 Å². The minimum absolute atomic E-state index is 1.02. The molecule has 0 N–H and O–H groups in total. The van der Waals surface area contributed by atoms with E-state index in [0.29, 0.717) is 0 Å². The first-order valence-corrected chi connectivity index (χ1v) is 5.77. The van der Waals surface area contributed by atoms with E-state index in [1.807, 2.05) is 0 Å². The lowest BCUT2D eigenvalue weighted by Crippen LogP contribution is -2.20. The van der Waals surface area contributed by atoms with Gasteiger partial charge < -0.3 is 0 Å². The Morgan fingerprint density at radius 2 is 1.75 bits per heavy atom. The molecule has 0 aromatic heterocycles. The molecule has 2 fully saturated rings. The minimum Gasteiger partial charge on any atom is -0.0625 e. The summed E-state index contributed by atoms with van der Waals surface area (Å²) < 4.78 is 0. The summed E-state index contributed by atoms with van der Waals surface area (Å²) in [4.78, 5) is 0. The van der Waals surface area contributed by atoms with Crippen LogP contribution in [0.15, 0.2) is 0 Å². The monoisotopic (exact) mass is 166 g/mol. The second kappa shape index (κ2) is 3.40. The molecule has 0 bridgehead atoms. The highest BCUT2D eigenvalue weighted by Gasteiger charge is 2.34. The van der Waals surface area contributed by atoms with E-state index in [0.717, 1.165) is 23.7 Å². The molecule has 0 heterocycles. The fourth-order valence-corrected chi connectivity index (χ4v) is 2.97. The van der Waals surface area contributed by atoms with Gasteiger partial charge in [0.25, 0.3) is 0 Å². The third-order valence-electron chi connectivity index (χ3n) is 4.09. The van der Waals surface area contributed by atoms with Crippen LogP contribution in [0.2, 0.25) is 0 Å². The van der Waals surface area contributed by atoms with Gasteiger partial charge in [0.2, 0.25) is 0 Å². The van der Waals surface area contributed by atoms with Crippen molar-refractivity contribution in [3.8, 4) is 0 Å². The second-order valence-corrected chi connectivity index (χ2v) is 5.23. The van der Waals surface area contributed by atoms with Crippen LogP contribution in [0.4, 0.5) is 0 Å². The molecule has 0 aromatic carbocycles. The lowest BCUT2D eigenvalue weighted by atomic mass is 9.75. The predicted molar refractivity (Wildman–Crippen MR) is 53.0 cm³/mol. The van der Waals surface area contributed by atoms with Crippen molar-refractivity contribution >= 4 is 0 Å². The van der Waals surface area contributed by atoms with Gasteiger partial charge in [-0.1, -0.05) is 33.1 Å². The molecule has 12 heavy (non-hydrogen) atoms. The molecule has 0 radical (unpaired) electrons. The highest BCUT2D eigenvalue weighted by Crippen LogP contribution is 2.45. The molecule has 0 aromatic rings. The summed E-state index contributed by atoms with van der Waals surface area (Å²) in [7, 11) is 0. The Labute approximate surface area is 76.7 Å². The normalized spacial score (nSPS) is 39.5. The summed E-state index contributed by atoms with van der Waals surface area (Å²) in [6.45, 7) is 4.94. The quantitative estimate of drug-likeness (QED) is 0.584. The van der Waals surface area contributed by atoms with Gasteiger partial charge in [0.15, 0.2) is 0 Å². The third-order valence-corrected chi connectivity index (χ3v) is 4.09. The molecule has 3 atom stereocenters. The Kier molecular flexibility index (Phi) is 2.43. The van der Waals surface area contributed by atoms with E-state index >= 15 is 0 Å². The van der Waals surface area contributed by atoms with Gasteiger partial charge in [0.05, 0.1) is 0 Å². The van der Waals surface area contributed by atoms with Gasteiger partial charge in [-0.05, 0) is 42.9 Å². The van der Waals surface area contributed by atoms with E-state index in [4.69, 9.17) is 0 Å². The van der Waals surface area contributed by atoms with Gasteiger partial charge in [-0.15, -0.1) is 0 Å². The fraction of sp³-hybridized carbons (Fsp3) is 1.00. The second-order valence-electron chi connectivity index (χ2n) is 5.23. The smallest absolute Gasteiger partial charge is 0.0383 e. The molecule has 70 valence electrons. The van der Waals surface area contributed by atoms with E-state index in [2.05, 4.69) is 13.8 Å². The summed E-state index contributed by atoms with van der Waals surface area (Å²) in [5.41, 5.74) is 0. The van der Waals surface area contributed by atoms with Gasteiger partial charge in [-0.3, -0.25) is 0 Å². The summed E-state index contributed by atoms with van der Waals surface area (Å²) in [6.07, 6.45) is 9.12. The molecular formula is C12H22. The van der Waals surface area contributed by atoms with Crippen molar-refractivity contribution in [2.24, 2.45) is 23.7 Å². The van der Waals surface area contributed by atoms with Crippen LogP contribution in [-0.4, -0.2) is 0 Å². The van der Waals surface area contributed by atoms with Crippen LogP contribution in [-0.2, 0) is 0 Å². The summed E-state index contributed by atoms with van der Waals surface area (Å²) in [6, 6.07) is 0. The number of hydrogen-bond acceptors (Lipinski definition) is 0. The maximum atomic E-state index is 2.50. The molecule has 0 spiro atoms. The molecule has 0 amide bonds. The Morgan fingerprint density at radius 3 is 2.33 bits per heavy atom. The van der Waals surface area contributed by atoms with Crippen LogP contribution in [0.3, 0.4) is 0 Å². The van der Waals surface area contributed by atoms with Crippen molar-refractivity contribution < 1.29 is 0 Å². The lowest BCUT2D eigenvalue weighted by Gasteiger charge is -2.31. The van der Waals surface area contributed by atoms with Crippen molar-refractivity contribution in [1.29, 1.82) is 0 Å². The van der Waals surface area contributed by atoms with Crippen LogP contribution in [0.1, 0.15) is 52.4 Å². The zero-order valence-corrected chi connectivity index (χ0v) is 8.55. The van der Waals surface area contributed by atoms with E-state index < -0.39 is 0 Å². The first kappa shape index (κ1) is 8.59. The SMILES string of the molecule is CC1CCCC(C(C)C2CC2)C1. The maximum Gasteiger partial charge on any atom is -0.0383 e. The largest absolute Gasteiger partial charge is 0.0625 e. The Hall–Kier alpha value is 0. The summed E-state index contributed by atoms with van der Waals surface area (Å²) in [5, 5.41) is 0. The molecule has 3 unspecified atom stereocenters. The van der Waals surface area contributed by atoms with Crippen LogP contribution in [0.25, 0.3) is 0 Å². The highest BCUT2D eigenvalue weighted by atomic mass is 14.4. The molecule has 2 rings (SSSR count).